The molecule has 1 aromatic carbocycles. The molecule has 2 atom stereocenters. The molecule has 5 heteroatoms. The van der Waals surface area contributed by atoms with Gasteiger partial charge in [0.25, 0.3) is 0 Å². The number of anilines is 1. The molecular formula is C17H19N3O2. The van der Waals surface area contributed by atoms with Gasteiger partial charge in [-0.1, -0.05) is 25.0 Å². The van der Waals surface area contributed by atoms with E-state index in [0.717, 1.165) is 35.1 Å². The first-order chi connectivity index (χ1) is 10.9. The first-order valence-corrected chi connectivity index (χ1v) is 7.86. The van der Waals surface area contributed by atoms with Crippen LogP contribution in [0.2, 0.25) is 0 Å². The smallest absolute Gasteiger partial charge is 0.196 e. The fourth-order valence-corrected chi connectivity index (χ4v) is 3.42. The molecular weight excluding hydrogens is 278 g/mol. The first kappa shape index (κ1) is 13.5. The van der Waals surface area contributed by atoms with Crippen molar-refractivity contribution in [2.45, 2.75) is 31.7 Å². The molecule has 2 aromatic heterocycles. The van der Waals surface area contributed by atoms with Crippen molar-refractivity contribution in [1.82, 2.24) is 9.97 Å². The Hall–Kier alpha value is -2.14. The number of benzene rings is 1. The monoisotopic (exact) mass is 297 g/mol. The highest BCUT2D eigenvalue weighted by Gasteiger charge is 2.26. The van der Waals surface area contributed by atoms with Crippen LogP contribution in [0.5, 0.6) is 0 Å². The lowest BCUT2D eigenvalue weighted by molar-refractivity contribution is 0.178. The Kier molecular flexibility index (Phi) is 3.42. The molecule has 1 saturated carbocycles. The highest BCUT2D eigenvalue weighted by atomic mass is 16.3. The van der Waals surface area contributed by atoms with E-state index in [9.17, 15) is 5.11 Å². The standard InChI is InChI=1S/C17H19N3O2/c21-9-11-5-1-3-7-13(11)20-17-16-15(18-10-19-17)12-6-2-4-8-14(12)22-16/h2,4,6,8,10-11,13,21H,1,3,5,7,9H2,(H,18,19,20)/t11-,13-/m1/s1. The van der Waals surface area contributed by atoms with Gasteiger partial charge in [0.2, 0.25) is 0 Å². The minimum Gasteiger partial charge on any atom is -0.450 e. The van der Waals surface area contributed by atoms with Gasteiger partial charge in [-0.25, -0.2) is 9.97 Å². The Labute approximate surface area is 128 Å². The number of fused-ring (bicyclic) bond motifs is 3. The zero-order chi connectivity index (χ0) is 14.9. The molecule has 0 amide bonds. The van der Waals surface area contributed by atoms with E-state index in [4.69, 9.17) is 4.42 Å². The summed E-state index contributed by atoms with van der Waals surface area (Å²) in [6, 6.07) is 8.13. The van der Waals surface area contributed by atoms with Gasteiger partial charge in [-0.2, -0.15) is 0 Å². The molecule has 5 nitrogen and oxygen atoms in total. The molecule has 0 radical (unpaired) electrons. The average Bonchev–Trinajstić information content (AvgIpc) is 2.95. The van der Waals surface area contributed by atoms with Crippen LogP contribution in [0.25, 0.3) is 22.1 Å². The second kappa shape index (κ2) is 5.57. The summed E-state index contributed by atoms with van der Waals surface area (Å²) in [7, 11) is 0. The van der Waals surface area contributed by atoms with E-state index in [0.29, 0.717) is 5.58 Å². The van der Waals surface area contributed by atoms with Gasteiger partial charge in [-0.05, 0) is 25.0 Å². The van der Waals surface area contributed by atoms with E-state index in [1.165, 1.54) is 12.8 Å². The Morgan fingerprint density at radius 2 is 2.05 bits per heavy atom. The van der Waals surface area contributed by atoms with E-state index in [-0.39, 0.29) is 18.6 Å². The first-order valence-electron chi connectivity index (χ1n) is 7.86. The zero-order valence-corrected chi connectivity index (χ0v) is 12.3. The van der Waals surface area contributed by atoms with Gasteiger partial charge >= 0.3 is 0 Å². The van der Waals surface area contributed by atoms with E-state index in [1.54, 1.807) is 6.33 Å². The van der Waals surface area contributed by atoms with Crippen LogP contribution >= 0.6 is 0 Å². The molecule has 1 aliphatic rings. The van der Waals surface area contributed by atoms with Crippen molar-refractivity contribution in [2.75, 3.05) is 11.9 Å². The summed E-state index contributed by atoms with van der Waals surface area (Å²) < 4.78 is 5.94. The number of nitrogens with one attached hydrogen (secondary N) is 1. The van der Waals surface area contributed by atoms with Crippen LogP contribution in [0.4, 0.5) is 5.82 Å². The molecule has 114 valence electrons. The van der Waals surface area contributed by atoms with Gasteiger partial charge in [-0.3, -0.25) is 0 Å². The fourth-order valence-electron chi connectivity index (χ4n) is 3.42. The maximum absolute atomic E-state index is 9.57. The number of nitrogens with zero attached hydrogens (tertiary/aromatic N) is 2. The molecule has 4 rings (SSSR count). The SMILES string of the molecule is OC[C@H]1CCCC[C@H]1Nc1ncnc2c1oc1ccccc12. The Morgan fingerprint density at radius 1 is 1.18 bits per heavy atom. The number of rotatable bonds is 3. The number of para-hydroxylation sites is 1. The van der Waals surface area contributed by atoms with Crippen molar-refractivity contribution >= 4 is 27.9 Å². The highest BCUT2D eigenvalue weighted by Crippen LogP contribution is 2.33. The molecule has 2 heterocycles. The molecule has 0 unspecified atom stereocenters. The van der Waals surface area contributed by atoms with E-state index >= 15 is 0 Å². The summed E-state index contributed by atoms with van der Waals surface area (Å²) >= 11 is 0. The van der Waals surface area contributed by atoms with Gasteiger partial charge < -0.3 is 14.8 Å². The molecule has 0 bridgehead atoms. The lowest BCUT2D eigenvalue weighted by atomic mass is 9.85. The van der Waals surface area contributed by atoms with Crippen LogP contribution in [0.1, 0.15) is 25.7 Å². The predicted octanol–water partition coefficient (Wildman–Crippen LogP) is 3.34. The highest BCUT2D eigenvalue weighted by molar-refractivity contribution is 6.05. The van der Waals surface area contributed by atoms with Crippen molar-refractivity contribution in [2.24, 2.45) is 5.92 Å². The molecule has 1 aliphatic carbocycles. The maximum atomic E-state index is 9.57. The van der Waals surface area contributed by atoms with Crippen LogP contribution in [-0.2, 0) is 0 Å². The van der Waals surface area contributed by atoms with E-state index < -0.39 is 0 Å². The molecule has 1 fully saturated rings. The summed E-state index contributed by atoms with van der Waals surface area (Å²) in [6.45, 7) is 0.214. The van der Waals surface area contributed by atoms with Crippen molar-refractivity contribution in [3.63, 3.8) is 0 Å². The number of aliphatic hydroxyl groups is 1. The molecule has 0 aliphatic heterocycles. The van der Waals surface area contributed by atoms with Crippen LogP contribution in [0.3, 0.4) is 0 Å². The fraction of sp³-hybridized carbons (Fsp3) is 0.412. The van der Waals surface area contributed by atoms with E-state index in [1.807, 2.05) is 24.3 Å². The van der Waals surface area contributed by atoms with Gasteiger partial charge in [0.05, 0.1) is 0 Å². The minimum atomic E-state index is 0.214. The second-order valence-electron chi connectivity index (χ2n) is 5.98. The molecule has 0 saturated heterocycles. The minimum absolute atomic E-state index is 0.214. The predicted molar refractivity (Wildman–Crippen MR) is 85.8 cm³/mol. The Balaban J connectivity index is 1.75. The van der Waals surface area contributed by atoms with Crippen molar-refractivity contribution in [3.8, 4) is 0 Å². The summed E-state index contributed by atoms with van der Waals surface area (Å²) in [4.78, 5) is 8.74. The van der Waals surface area contributed by atoms with Crippen LogP contribution in [0.15, 0.2) is 35.0 Å². The molecule has 3 aromatic rings. The number of aromatic nitrogens is 2. The van der Waals surface area contributed by atoms with Crippen LogP contribution in [-0.4, -0.2) is 27.7 Å². The van der Waals surface area contributed by atoms with Crippen molar-refractivity contribution in [1.29, 1.82) is 0 Å². The maximum Gasteiger partial charge on any atom is 0.196 e. The summed E-state index contributed by atoms with van der Waals surface area (Å²) in [6.07, 6.45) is 6.05. The third-order valence-electron chi connectivity index (χ3n) is 4.62. The van der Waals surface area contributed by atoms with Gasteiger partial charge in [-0.15, -0.1) is 0 Å². The molecule has 2 N–H and O–H groups in total. The quantitative estimate of drug-likeness (QED) is 0.776. The summed E-state index contributed by atoms with van der Waals surface area (Å²) in [5.74, 6) is 1.01. The van der Waals surface area contributed by atoms with Crippen LogP contribution < -0.4 is 5.32 Å². The normalized spacial score (nSPS) is 22.2. The van der Waals surface area contributed by atoms with Crippen LogP contribution in [0, 0.1) is 5.92 Å². The third kappa shape index (κ3) is 2.22. The number of hydrogen-bond acceptors (Lipinski definition) is 5. The third-order valence-corrected chi connectivity index (χ3v) is 4.62. The Morgan fingerprint density at radius 3 is 2.95 bits per heavy atom. The molecule has 0 spiro atoms. The van der Waals surface area contributed by atoms with Crippen molar-refractivity contribution < 1.29 is 9.52 Å². The largest absolute Gasteiger partial charge is 0.450 e. The zero-order valence-electron chi connectivity index (χ0n) is 12.3. The van der Waals surface area contributed by atoms with Gasteiger partial charge in [0.15, 0.2) is 11.4 Å². The summed E-state index contributed by atoms with van der Waals surface area (Å²) in [5, 5.41) is 14.1. The van der Waals surface area contributed by atoms with Gasteiger partial charge in [0, 0.05) is 24.0 Å². The number of hydrogen-bond donors (Lipinski definition) is 2. The number of furan rings is 1. The lowest BCUT2D eigenvalue weighted by Gasteiger charge is -2.31. The average molecular weight is 297 g/mol. The number of aliphatic hydroxyl groups excluding tert-OH is 1. The van der Waals surface area contributed by atoms with E-state index in [2.05, 4.69) is 15.3 Å². The van der Waals surface area contributed by atoms with Gasteiger partial charge in [0.1, 0.15) is 17.4 Å². The lowest BCUT2D eigenvalue weighted by Crippen LogP contribution is -2.34. The Bertz CT molecular complexity index is 799. The summed E-state index contributed by atoms with van der Waals surface area (Å²) in [5.41, 5.74) is 2.36. The topological polar surface area (TPSA) is 71.2 Å². The van der Waals surface area contributed by atoms with Crippen molar-refractivity contribution in [3.05, 3.63) is 30.6 Å². The molecule has 22 heavy (non-hydrogen) atoms. The second-order valence-corrected chi connectivity index (χ2v) is 5.98.